The van der Waals surface area contributed by atoms with Gasteiger partial charge in [-0.05, 0) is 32.0 Å². The number of hydrogen-bond donors (Lipinski definition) is 1. The molecule has 116 valence electrons. The minimum absolute atomic E-state index is 0.0271. The number of alkyl halides is 3. The van der Waals surface area contributed by atoms with E-state index in [0.29, 0.717) is 13.1 Å². The number of carbonyl (C=O) groups is 1. The molecule has 1 aromatic rings. The summed E-state index contributed by atoms with van der Waals surface area (Å²) in [6.07, 6.45) is -4.56. The Balaban J connectivity index is 2.28. The zero-order valence-electron chi connectivity index (χ0n) is 11.8. The average Bonchev–Trinajstić information content (AvgIpc) is 2.36. The molecular weight excluding hydrogens is 301 g/mol. The lowest BCUT2D eigenvalue weighted by molar-refractivity contribution is -0.136. The maximum Gasteiger partial charge on any atom is 0.418 e. The van der Waals surface area contributed by atoms with Crippen LogP contribution in [0.25, 0.3) is 0 Å². The highest BCUT2D eigenvalue weighted by Crippen LogP contribution is 2.35. The predicted molar refractivity (Wildman–Crippen MR) is 78.3 cm³/mol. The van der Waals surface area contributed by atoms with Gasteiger partial charge in [0, 0.05) is 34.8 Å². The van der Waals surface area contributed by atoms with Gasteiger partial charge in [-0.2, -0.15) is 24.9 Å². The van der Waals surface area contributed by atoms with Crippen molar-refractivity contribution in [3.63, 3.8) is 0 Å². The van der Waals surface area contributed by atoms with Gasteiger partial charge in [0.2, 0.25) is 0 Å². The van der Waals surface area contributed by atoms with Crippen LogP contribution in [-0.4, -0.2) is 34.4 Å². The van der Waals surface area contributed by atoms with Gasteiger partial charge in [-0.15, -0.1) is 0 Å². The van der Waals surface area contributed by atoms with Crippen LogP contribution in [0, 0.1) is 0 Å². The first-order valence-electron chi connectivity index (χ1n) is 6.50. The Labute approximate surface area is 125 Å². The molecule has 1 aromatic carbocycles. The van der Waals surface area contributed by atoms with Crippen molar-refractivity contribution >= 4 is 23.4 Å². The number of amides is 1. The highest BCUT2D eigenvalue weighted by molar-refractivity contribution is 8.00. The summed E-state index contributed by atoms with van der Waals surface area (Å²) in [5, 5.41) is 0. The van der Waals surface area contributed by atoms with Crippen LogP contribution in [0.5, 0.6) is 0 Å². The maximum absolute atomic E-state index is 12.8. The average molecular weight is 318 g/mol. The second-order valence-electron chi connectivity index (χ2n) is 5.63. The molecule has 3 nitrogen and oxygen atoms in total. The molecule has 7 heteroatoms. The predicted octanol–water partition coefficient (Wildman–Crippen LogP) is 3.26. The van der Waals surface area contributed by atoms with Crippen LogP contribution in [-0.2, 0) is 6.18 Å². The molecule has 2 N–H and O–H groups in total. The molecule has 0 radical (unpaired) electrons. The van der Waals surface area contributed by atoms with Crippen LogP contribution >= 0.6 is 11.8 Å². The van der Waals surface area contributed by atoms with Crippen molar-refractivity contribution in [2.75, 3.05) is 24.6 Å². The topological polar surface area (TPSA) is 46.3 Å². The van der Waals surface area contributed by atoms with E-state index in [1.165, 1.54) is 6.07 Å². The smallest absolute Gasteiger partial charge is 0.398 e. The molecule has 0 bridgehead atoms. The van der Waals surface area contributed by atoms with E-state index in [9.17, 15) is 18.0 Å². The van der Waals surface area contributed by atoms with Gasteiger partial charge >= 0.3 is 6.18 Å². The van der Waals surface area contributed by atoms with Crippen molar-refractivity contribution < 1.29 is 18.0 Å². The number of benzene rings is 1. The zero-order chi connectivity index (χ0) is 15.8. The molecule has 1 fully saturated rings. The van der Waals surface area contributed by atoms with Crippen molar-refractivity contribution in [3.8, 4) is 0 Å². The minimum Gasteiger partial charge on any atom is -0.398 e. The van der Waals surface area contributed by atoms with E-state index < -0.39 is 11.7 Å². The summed E-state index contributed by atoms with van der Waals surface area (Å²) in [4.78, 5) is 14.0. The summed E-state index contributed by atoms with van der Waals surface area (Å²) in [6.45, 7) is 5.09. The van der Waals surface area contributed by atoms with Crippen molar-refractivity contribution in [3.05, 3.63) is 29.3 Å². The van der Waals surface area contributed by atoms with Crippen LogP contribution in [0.4, 0.5) is 18.9 Å². The molecule has 0 saturated carbocycles. The van der Waals surface area contributed by atoms with Gasteiger partial charge in [0.15, 0.2) is 0 Å². The highest BCUT2D eigenvalue weighted by atomic mass is 32.2. The Morgan fingerprint density at radius 2 is 2.05 bits per heavy atom. The van der Waals surface area contributed by atoms with Crippen molar-refractivity contribution in [1.29, 1.82) is 0 Å². The first kappa shape index (κ1) is 16.0. The van der Waals surface area contributed by atoms with Crippen LogP contribution in [0.1, 0.15) is 29.8 Å². The van der Waals surface area contributed by atoms with Gasteiger partial charge in [0.05, 0.1) is 5.56 Å². The number of nitrogens with two attached hydrogens (primary N) is 1. The van der Waals surface area contributed by atoms with E-state index in [1.807, 2.05) is 13.8 Å². The van der Waals surface area contributed by atoms with Crippen LogP contribution in [0.2, 0.25) is 0 Å². The Morgan fingerprint density at radius 3 is 2.62 bits per heavy atom. The van der Waals surface area contributed by atoms with Crippen LogP contribution in [0.15, 0.2) is 18.2 Å². The monoisotopic (exact) mass is 318 g/mol. The molecule has 0 aromatic heterocycles. The Hall–Kier alpha value is -1.37. The molecule has 0 atom stereocenters. The first-order valence-corrected chi connectivity index (χ1v) is 7.49. The molecular formula is C14H17F3N2OS. The van der Waals surface area contributed by atoms with Gasteiger partial charge in [0.25, 0.3) is 5.91 Å². The fraction of sp³-hybridized carbons (Fsp3) is 0.500. The van der Waals surface area contributed by atoms with Crippen molar-refractivity contribution in [2.45, 2.75) is 24.8 Å². The van der Waals surface area contributed by atoms with Gasteiger partial charge in [-0.3, -0.25) is 4.79 Å². The largest absolute Gasteiger partial charge is 0.418 e. The standard InChI is InChI=1S/C14H17F3N2OS/c1-13(2)8-19(5-6-21-13)12(20)9-3-4-11(18)10(7-9)14(15,16)17/h3-4,7H,5-6,8,18H2,1-2H3. The number of carbonyl (C=O) groups excluding carboxylic acids is 1. The Kier molecular flexibility index (Phi) is 4.15. The van der Waals surface area contributed by atoms with E-state index in [0.717, 1.165) is 17.9 Å². The Bertz CT molecular complexity index is 558. The Morgan fingerprint density at radius 1 is 1.38 bits per heavy atom. The molecule has 0 aliphatic carbocycles. The third-order valence-corrected chi connectivity index (χ3v) is 4.62. The lowest BCUT2D eigenvalue weighted by Gasteiger charge is -2.37. The summed E-state index contributed by atoms with van der Waals surface area (Å²) in [5.41, 5.74) is 4.05. The molecule has 0 spiro atoms. The van der Waals surface area contributed by atoms with E-state index >= 15 is 0 Å². The second kappa shape index (κ2) is 5.44. The highest BCUT2D eigenvalue weighted by Gasteiger charge is 2.35. The zero-order valence-corrected chi connectivity index (χ0v) is 12.6. The molecule has 2 rings (SSSR count). The molecule has 1 saturated heterocycles. The molecule has 1 amide bonds. The second-order valence-corrected chi connectivity index (χ2v) is 7.44. The number of hydrogen-bond acceptors (Lipinski definition) is 3. The maximum atomic E-state index is 12.8. The number of halogens is 3. The van der Waals surface area contributed by atoms with Gasteiger partial charge < -0.3 is 10.6 Å². The minimum atomic E-state index is -4.56. The van der Waals surface area contributed by atoms with Crippen molar-refractivity contribution in [2.24, 2.45) is 0 Å². The van der Waals surface area contributed by atoms with Gasteiger partial charge in [-0.1, -0.05) is 0 Å². The molecule has 1 aliphatic heterocycles. The summed E-state index contributed by atoms with van der Waals surface area (Å²) in [6, 6.07) is 3.33. The van der Waals surface area contributed by atoms with E-state index in [2.05, 4.69) is 0 Å². The number of anilines is 1. The lowest BCUT2D eigenvalue weighted by Crippen LogP contribution is -2.46. The van der Waals surface area contributed by atoms with E-state index in [4.69, 9.17) is 5.73 Å². The normalized spacial score (nSPS) is 18.6. The van der Waals surface area contributed by atoms with Crippen LogP contribution in [0.3, 0.4) is 0 Å². The molecule has 21 heavy (non-hydrogen) atoms. The third-order valence-electron chi connectivity index (χ3n) is 3.32. The summed E-state index contributed by atoms with van der Waals surface area (Å²) in [7, 11) is 0. The number of rotatable bonds is 1. The van der Waals surface area contributed by atoms with Crippen molar-refractivity contribution in [1.82, 2.24) is 4.90 Å². The summed E-state index contributed by atoms with van der Waals surface area (Å²) < 4.78 is 38.5. The van der Waals surface area contributed by atoms with E-state index in [-0.39, 0.29) is 21.9 Å². The SMILES string of the molecule is CC1(C)CN(C(=O)c2ccc(N)c(C(F)(F)F)c2)CCS1. The molecule has 1 aliphatic rings. The summed E-state index contributed by atoms with van der Waals surface area (Å²) >= 11 is 1.75. The molecule has 1 heterocycles. The molecule has 0 unspecified atom stereocenters. The number of thioether (sulfide) groups is 1. The van der Waals surface area contributed by atoms with Crippen LogP contribution < -0.4 is 5.73 Å². The lowest BCUT2D eigenvalue weighted by atomic mass is 10.1. The van der Waals surface area contributed by atoms with E-state index in [1.54, 1.807) is 16.7 Å². The number of nitrogen functional groups attached to an aromatic ring is 1. The fourth-order valence-corrected chi connectivity index (χ4v) is 3.42. The third kappa shape index (κ3) is 3.64. The van der Waals surface area contributed by atoms with Gasteiger partial charge in [-0.25, -0.2) is 0 Å². The quantitative estimate of drug-likeness (QED) is 0.809. The number of nitrogens with zero attached hydrogens (tertiary/aromatic N) is 1. The summed E-state index contributed by atoms with van der Waals surface area (Å²) in [5.74, 6) is 0.397. The first-order chi connectivity index (χ1) is 9.60. The fourth-order valence-electron chi connectivity index (χ4n) is 2.31. The van der Waals surface area contributed by atoms with Gasteiger partial charge in [0.1, 0.15) is 0 Å².